The molecule has 0 aromatic carbocycles. The van der Waals surface area contributed by atoms with Crippen molar-refractivity contribution in [2.24, 2.45) is 5.41 Å². The number of hydrogen-bond donors (Lipinski definition) is 2. The lowest BCUT2D eigenvalue weighted by Crippen LogP contribution is -2.48. The summed E-state index contributed by atoms with van der Waals surface area (Å²) in [7, 11) is 0. The summed E-state index contributed by atoms with van der Waals surface area (Å²) in [4.78, 5) is 35.7. The van der Waals surface area contributed by atoms with E-state index in [2.05, 4.69) is 10.6 Å². The molecule has 0 heterocycles. The molecule has 2 fully saturated rings. The van der Waals surface area contributed by atoms with Gasteiger partial charge in [-0.1, -0.05) is 19.3 Å². The fraction of sp³-hybridized carbons (Fsp3) is 0.800. The largest absolute Gasteiger partial charge is 0.452 e. The van der Waals surface area contributed by atoms with Gasteiger partial charge in [0, 0.05) is 12.5 Å². The highest BCUT2D eigenvalue weighted by Crippen LogP contribution is 2.64. The van der Waals surface area contributed by atoms with Gasteiger partial charge in [-0.05, 0) is 26.7 Å². The number of rotatable bonds is 4. The number of esters is 1. The molecule has 0 saturated heterocycles. The number of halogens is 2. The molecule has 0 aliphatic heterocycles. The number of hydrogen-bond acceptors (Lipinski definition) is 4. The van der Waals surface area contributed by atoms with Gasteiger partial charge in [-0.25, -0.2) is 4.79 Å². The SMILES string of the molecule is C[C@H](OC(=O)[C@]1(C)CC1(Cl)Cl)C(=O)NC(=O)NC1CCCCC1. The molecular formula is C15H22Cl2N2O4. The minimum atomic E-state index is -1.15. The van der Waals surface area contributed by atoms with E-state index < -0.39 is 33.8 Å². The monoisotopic (exact) mass is 364 g/mol. The summed E-state index contributed by atoms with van der Waals surface area (Å²) in [5, 5.41) is 4.95. The number of carbonyl (C=O) groups excluding carboxylic acids is 3. The fourth-order valence-electron chi connectivity index (χ4n) is 2.65. The molecule has 2 atom stereocenters. The Morgan fingerprint density at radius 1 is 1.17 bits per heavy atom. The molecule has 0 unspecified atom stereocenters. The number of nitrogens with one attached hydrogen (secondary N) is 2. The Kier molecular flexibility index (Phi) is 5.46. The minimum Gasteiger partial charge on any atom is -0.452 e. The van der Waals surface area contributed by atoms with Crippen molar-refractivity contribution in [2.45, 2.75) is 68.9 Å². The number of imide groups is 1. The summed E-state index contributed by atoms with van der Waals surface area (Å²) in [6, 6.07) is -0.473. The van der Waals surface area contributed by atoms with E-state index in [4.69, 9.17) is 27.9 Å². The normalized spacial score (nSPS) is 27.7. The number of urea groups is 1. The van der Waals surface area contributed by atoms with Gasteiger partial charge >= 0.3 is 12.0 Å². The molecular weight excluding hydrogens is 343 g/mol. The van der Waals surface area contributed by atoms with Crippen LogP contribution in [0.25, 0.3) is 0 Å². The lowest BCUT2D eigenvalue weighted by Gasteiger charge is -2.23. The molecule has 0 radical (unpaired) electrons. The van der Waals surface area contributed by atoms with Gasteiger partial charge in [0.05, 0.1) is 0 Å². The van der Waals surface area contributed by atoms with Crippen LogP contribution in [0.1, 0.15) is 52.4 Å². The second-order valence-electron chi connectivity index (χ2n) is 6.56. The number of alkyl halides is 2. The van der Waals surface area contributed by atoms with Gasteiger partial charge in [-0.3, -0.25) is 14.9 Å². The standard InChI is InChI=1S/C15H22Cl2N2O4/c1-9(23-12(21)14(2)8-15(14,16)17)11(20)19-13(22)18-10-6-4-3-5-7-10/h9-10H,3-8H2,1-2H3,(H2,18,19,20,22)/t9-,14-/m0/s1. The first-order valence-corrected chi connectivity index (χ1v) is 8.61. The molecule has 0 aromatic heterocycles. The first-order chi connectivity index (χ1) is 10.7. The zero-order valence-electron chi connectivity index (χ0n) is 13.3. The van der Waals surface area contributed by atoms with Crippen molar-refractivity contribution in [3.8, 4) is 0 Å². The highest BCUT2D eigenvalue weighted by molar-refractivity contribution is 6.53. The van der Waals surface area contributed by atoms with Crippen molar-refractivity contribution in [2.75, 3.05) is 0 Å². The van der Waals surface area contributed by atoms with E-state index in [0.717, 1.165) is 25.7 Å². The van der Waals surface area contributed by atoms with Gasteiger partial charge in [0.15, 0.2) is 6.10 Å². The minimum absolute atomic E-state index is 0.0906. The average Bonchev–Trinajstić information content (AvgIpc) is 2.99. The molecule has 6 nitrogen and oxygen atoms in total. The molecule has 2 rings (SSSR count). The highest BCUT2D eigenvalue weighted by Gasteiger charge is 2.69. The Morgan fingerprint density at radius 3 is 2.26 bits per heavy atom. The maximum Gasteiger partial charge on any atom is 0.321 e. The van der Waals surface area contributed by atoms with Crippen LogP contribution in [0.3, 0.4) is 0 Å². The van der Waals surface area contributed by atoms with Crippen molar-refractivity contribution in [1.82, 2.24) is 10.6 Å². The molecule has 2 aliphatic rings. The number of ether oxygens (including phenoxy) is 1. The summed E-state index contributed by atoms with van der Waals surface area (Å²) in [6.07, 6.45) is 4.33. The summed E-state index contributed by atoms with van der Waals surface area (Å²) >= 11 is 11.8. The highest BCUT2D eigenvalue weighted by atomic mass is 35.5. The first kappa shape index (κ1) is 18.3. The second kappa shape index (κ2) is 6.85. The average molecular weight is 365 g/mol. The van der Waals surface area contributed by atoms with Crippen LogP contribution in [-0.4, -0.2) is 34.4 Å². The first-order valence-electron chi connectivity index (χ1n) is 7.86. The predicted octanol–water partition coefficient (Wildman–Crippen LogP) is 2.66. The maximum atomic E-state index is 12.0. The van der Waals surface area contributed by atoms with E-state index >= 15 is 0 Å². The van der Waals surface area contributed by atoms with E-state index in [0.29, 0.717) is 0 Å². The van der Waals surface area contributed by atoms with Gasteiger partial charge in [0.25, 0.3) is 5.91 Å². The summed E-state index contributed by atoms with van der Waals surface area (Å²) in [5.41, 5.74) is -1.00. The van der Waals surface area contributed by atoms with Crippen LogP contribution in [0.2, 0.25) is 0 Å². The molecule has 3 amide bonds. The maximum absolute atomic E-state index is 12.0. The second-order valence-corrected chi connectivity index (χ2v) is 8.04. The Morgan fingerprint density at radius 2 is 1.74 bits per heavy atom. The van der Waals surface area contributed by atoms with E-state index in [1.165, 1.54) is 13.3 Å². The molecule has 0 bridgehead atoms. The van der Waals surface area contributed by atoms with Crippen LogP contribution in [0.5, 0.6) is 0 Å². The van der Waals surface area contributed by atoms with Gasteiger partial charge in [0.1, 0.15) is 9.75 Å². The van der Waals surface area contributed by atoms with Crippen LogP contribution in [0.15, 0.2) is 0 Å². The Balaban J connectivity index is 1.76. The topological polar surface area (TPSA) is 84.5 Å². The van der Waals surface area contributed by atoms with Crippen molar-refractivity contribution < 1.29 is 19.1 Å². The Bertz CT molecular complexity index is 506. The molecule has 23 heavy (non-hydrogen) atoms. The Labute approximate surface area is 145 Å². The van der Waals surface area contributed by atoms with Crippen LogP contribution < -0.4 is 10.6 Å². The third kappa shape index (κ3) is 4.29. The third-order valence-corrected chi connectivity index (χ3v) is 5.64. The molecule has 2 aliphatic carbocycles. The van der Waals surface area contributed by atoms with E-state index in [-0.39, 0.29) is 12.5 Å². The van der Waals surface area contributed by atoms with Gasteiger partial charge in [-0.15, -0.1) is 23.2 Å². The third-order valence-electron chi connectivity index (χ3n) is 4.54. The Hall–Kier alpha value is -1.01. The predicted molar refractivity (Wildman–Crippen MR) is 86.3 cm³/mol. The van der Waals surface area contributed by atoms with Crippen molar-refractivity contribution in [3.05, 3.63) is 0 Å². The molecule has 2 saturated carbocycles. The van der Waals surface area contributed by atoms with Crippen molar-refractivity contribution in [1.29, 1.82) is 0 Å². The van der Waals surface area contributed by atoms with Gasteiger partial charge < -0.3 is 10.1 Å². The van der Waals surface area contributed by atoms with Crippen LogP contribution in [0, 0.1) is 5.41 Å². The number of amides is 3. The van der Waals surface area contributed by atoms with Crippen molar-refractivity contribution >= 4 is 41.1 Å². The van der Waals surface area contributed by atoms with E-state index in [1.807, 2.05) is 0 Å². The van der Waals surface area contributed by atoms with Gasteiger partial charge in [-0.2, -0.15) is 0 Å². The summed E-state index contributed by atoms with van der Waals surface area (Å²) in [5.74, 6) is -1.32. The molecule has 0 spiro atoms. The van der Waals surface area contributed by atoms with Crippen molar-refractivity contribution in [3.63, 3.8) is 0 Å². The quantitative estimate of drug-likeness (QED) is 0.593. The lowest BCUT2D eigenvalue weighted by atomic mass is 9.96. The molecule has 130 valence electrons. The molecule has 0 aromatic rings. The summed E-state index contributed by atoms with van der Waals surface area (Å²) in [6.45, 7) is 2.98. The van der Waals surface area contributed by atoms with Crippen LogP contribution in [0.4, 0.5) is 4.79 Å². The van der Waals surface area contributed by atoms with Gasteiger partial charge in [0.2, 0.25) is 0 Å². The molecule has 8 heteroatoms. The smallest absolute Gasteiger partial charge is 0.321 e. The molecule has 2 N–H and O–H groups in total. The van der Waals surface area contributed by atoms with E-state index in [9.17, 15) is 14.4 Å². The van der Waals surface area contributed by atoms with E-state index in [1.54, 1.807) is 6.92 Å². The van der Waals surface area contributed by atoms with Crippen LogP contribution in [-0.2, 0) is 14.3 Å². The fourth-order valence-corrected chi connectivity index (χ4v) is 3.34. The van der Waals surface area contributed by atoms with Crippen LogP contribution >= 0.6 is 23.2 Å². The number of carbonyl (C=O) groups is 3. The lowest BCUT2D eigenvalue weighted by molar-refractivity contribution is -0.159. The zero-order chi connectivity index (χ0) is 17.3. The summed E-state index contributed by atoms with van der Waals surface area (Å²) < 4.78 is 3.91. The zero-order valence-corrected chi connectivity index (χ0v) is 14.8.